The Morgan fingerprint density at radius 1 is 1.35 bits per heavy atom. The minimum atomic E-state index is 0.0283. The van der Waals surface area contributed by atoms with Gasteiger partial charge in [-0.1, -0.05) is 25.1 Å². The minimum Gasteiger partial charge on any atom is -0.477 e. The van der Waals surface area contributed by atoms with Crippen LogP contribution in [0.1, 0.15) is 30.1 Å². The van der Waals surface area contributed by atoms with Crippen molar-refractivity contribution in [3.8, 4) is 5.88 Å². The summed E-state index contributed by atoms with van der Waals surface area (Å²) in [5.74, 6) is 0.489. The first-order valence-electron chi connectivity index (χ1n) is 7.11. The van der Waals surface area contributed by atoms with Crippen LogP contribution >= 0.6 is 0 Å². The first kappa shape index (κ1) is 12.9. The number of likely N-dealkylation sites (tertiary alicyclic amines) is 1. The van der Waals surface area contributed by atoms with E-state index in [2.05, 4.69) is 4.98 Å². The zero-order valence-corrected chi connectivity index (χ0v) is 11.6. The molecule has 20 heavy (non-hydrogen) atoms. The van der Waals surface area contributed by atoms with Crippen LogP contribution in [0.15, 0.2) is 30.3 Å². The second kappa shape index (κ2) is 5.49. The Morgan fingerprint density at radius 3 is 2.85 bits per heavy atom. The summed E-state index contributed by atoms with van der Waals surface area (Å²) < 4.78 is 5.68. The molecule has 2 aromatic rings. The van der Waals surface area contributed by atoms with Gasteiger partial charge in [-0.2, -0.15) is 0 Å². The number of para-hydroxylation sites is 1. The number of carbonyl (C=O) groups is 1. The summed E-state index contributed by atoms with van der Waals surface area (Å²) in [4.78, 5) is 18.8. The molecule has 1 aliphatic heterocycles. The third-order valence-corrected chi connectivity index (χ3v) is 3.51. The second-order valence-electron chi connectivity index (χ2n) is 5.03. The van der Waals surface area contributed by atoms with Gasteiger partial charge in [-0.25, -0.2) is 4.98 Å². The summed E-state index contributed by atoms with van der Waals surface area (Å²) in [5, 5.41) is 0.972. The molecule has 0 spiro atoms. The third kappa shape index (κ3) is 2.33. The molecule has 4 nitrogen and oxygen atoms in total. The molecule has 0 bridgehead atoms. The van der Waals surface area contributed by atoms with E-state index < -0.39 is 0 Å². The fourth-order valence-corrected chi connectivity index (χ4v) is 2.25. The highest BCUT2D eigenvalue weighted by Gasteiger charge is 2.25. The van der Waals surface area contributed by atoms with Crippen LogP contribution in [0.25, 0.3) is 10.9 Å². The fourth-order valence-electron chi connectivity index (χ4n) is 2.25. The molecular formula is C16H18N2O2. The van der Waals surface area contributed by atoms with Gasteiger partial charge in [0, 0.05) is 18.5 Å². The van der Waals surface area contributed by atoms with Crippen LogP contribution < -0.4 is 4.74 Å². The van der Waals surface area contributed by atoms with Gasteiger partial charge < -0.3 is 9.64 Å². The summed E-state index contributed by atoms with van der Waals surface area (Å²) >= 11 is 0. The molecule has 1 aliphatic rings. The number of ether oxygens (including phenoxy) is 1. The molecule has 0 atom stereocenters. The van der Waals surface area contributed by atoms with Gasteiger partial charge in [0.25, 0.3) is 5.91 Å². The van der Waals surface area contributed by atoms with Crippen LogP contribution in [0.5, 0.6) is 5.88 Å². The SMILES string of the molecule is CCCOc1nc2ccccc2cc1C(=O)N1CCC1. The van der Waals surface area contributed by atoms with Gasteiger partial charge in [0.05, 0.1) is 12.1 Å². The Kier molecular flexibility index (Phi) is 3.54. The lowest BCUT2D eigenvalue weighted by atomic mass is 10.1. The maximum atomic E-state index is 12.5. The highest BCUT2D eigenvalue weighted by Crippen LogP contribution is 2.25. The first-order chi connectivity index (χ1) is 9.79. The molecule has 0 radical (unpaired) electrons. The molecule has 1 aromatic carbocycles. The number of hydrogen-bond donors (Lipinski definition) is 0. The quantitative estimate of drug-likeness (QED) is 0.858. The lowest BCUT2D eigenvalue weighted by Gasteiger charge is -2.31. The van der Waals surface area contributed by atoms with Gasteiger partial charge in [-0.05, 0) is 25.0 Å². The van der Waals surface area contributed by atoms with Gasteiger partial charge in [0.2, 0.25) is 5.88 Å². The van der Waals surface area contributed by atoms with E-state index in [0.29, 0.717) is 18.1 Å². The highest BCUT2D eigenvalue weighted by molar-refractivity contribution is 6.00. The molecule has 2 heterocycles. The van der Waals surface area contributed by atoms with Crippen molar-refractivity contribution in [3.63, 3.8) is 0 Å². The smallest absolute Gasteiger partial charge is 0.259 e. The number of aromatic nitrogens is 1. The van der Waals surface area contributed by atoms with Gasteiger partial charge in [-0.15, -0.1) is 0 Å². The van der Waals surface area contributed by atoms with Crippen molar-refractivity contribution < 1.29 is 9.53 Å². The second-order valence-corrected chi connectivity index (χ2v) is 5.03. The lowest BCUT2D eigenvalue weighted by molar-refractivity contribution is 0.0646. The summed E-state index contributed by atoms with van der Waals surface area (Å²) in [6.07, 6.45) is 1.98. The number of amides is 1. The van der Waals surface area contributed by atoms with Crippen LogP contribution in [0.4, 0.5) is 0 Å². The maximum Gasteiger partial charge on any atom is 0.259 e. The zero-order valence-electron chi connectivity index (χ0n) is 11.6. The average Bonchev–Trinajstić information content (AvgIpc) is 2.42. The monoisotopic (exact) mass is 270 g/mol. The average molecular weight is 270 g/mol. The van der Waals surface area contributed by atoms with Gasteiger partial charge in [-0.3, -0.25) is 4.79 Å². The Balaban J connectivity index is 2.03. The van der Waals surface area contributed by atoms with Crippen LogP contribution in [0.2, 0.25) is 0 Å². The standard InChI is InChI=1S/C16H18N2O2/c1-2-10-20-15-13(16(19)18-8-5-9-18)11-12-6-3-4-7-14(12)17-15/h3-4,6-7,11H,2,5,8-10H2,1H3. The molecule has 3 rings (SSSR count). The normalized spacial score (nSPS) is 14.2. The lowest BCUT2D eigenvalue weighted by Crippen LogP contribution is -2.42. The van der Waals surface area contributed by atoms with Crippen molar-refractivity contribution in [2.45, 2.75) is 19.8 Å². The molecule has 4 heteroatoms. The van der Waals surface area contributed by atoms with Crippen molar-refractivity contribution in [1.82, 2.24) is 9.88 Å². The fraction of sp³-hybridized carbons (Fsp3) is 0.375. The van der Waals surface area contributed by atoms with E-state index in [1.807, 2.05) is 42.2 Å². The van der Waals surface area contributed by atoms with E-state index in [-0.39, 0.29) is 5.91 Å². The third-order valence-electron chi connectivity index (χ3n) is 3.51. The highest BCUT2D eigenvalue weighted by atomic mass is 16.5. The Bertz CT molecular complexity index is 635. The molecule has 0 aliphatic carbocycles. The number of rotatable bonds is 4. The van der Waals surface area contributed by atoms with Crippen molar-refractivity contribution in [3.05, 3.63) is 35.9 Å². The molecule has 0 N–H and O–H groups in total. The minimum absolute atomic E-state index is 0.0283. The van der Waals surface area contributed by atoms with E-state index in [1.165, 1.54) is 0 Å². The van der Waals surface area contributed by atoms with E-state index in [4.69, 9.17) is 4.74 Å². The predicted molar refractivity (Wildman–Crippen MR) is 78.0 cm³/mol. The van der Waals surface area contributed by atoms with Crippen LogP contribution in [0.3, 0.4) is 0 Å². The number of pyridine rings is 1. The van der Waals surface area contributed by atoms with Gasteiger partial charge >= 0.3 is 0 Å². The molecular weight excluding hydrogens is 252 g/mol. The number of benzene rings is 1. The van der Waals surface area contributed by atoms with Crippen molar-refractivity contribution in [2.24, 2.45) is 0 Å². The van der Waals surface area contributed by atoms with Gasteiger partial charge in [0.15, 0.2) is 0 Å². The van der Waals surface area contributed by atoms with E-state index >= 15 is 0 Å². The number of hydrogen-bond acceptors (Lipinski definition) is 3. The molecule has 1 aromatic heterocycles. The number of carbonyl (C=O) groups excluding carboxylic acids is 1. The summed E-state index contributed by atoms with van der Waals surface area (Å²) in [6, 6.07) is 9.70. The molecule has 1 saturated heterocycles. The maximum absolute atomic E-state index is 12.5. The molecule has 0 unspecified atom stereocenters. The zero-order chi connectivity index (χ0) is 13.9. The van der Waals surface area contributed by atoms with Crippen molar-refractivity contribution >= 4 is 16.8 Å². The van der Waals surface area contributed by atoms with Crippen LogP contribution in [0, 0.1) is 0 Å². The van der Waals surface area contributed by atoms with Crippen LogP contribution in [-0.4, -0.2) is 35.5 Å². The van der Waals surface area contributed by atoms with Crippen molar-refractivity contribution in [2.75, 3.05) is 19.7 Å². The Hall–Kier alpha value is -2.10. The van der Waals surface area contributed by atoms with E-state index in [9.17, 15) is 4.79 Å². The molecule has 104 valence electrons. The summed E-state index contributed by atoms with van der Waals surface area (Å²) in [6.45, 7) is 4.28. The molecule has 1 fully saturated rings. The predicted octanol–water partition coefficient (Wildman–Crippen LogP) is 2.87. The van der Waals surface area contributed by atoms with Gasteiger partial charge in [0.1, 0.15) is 5.56 Å². The first-order valence-corrected chi connectivity index (χ1v) is 7.11. The summed E-state index contributed by atoms with van der Waals surface area (Å²) in [7, 11) is 0. The van der Waals surface area contributed by atoms with Crippen molar-refractivity contribution in [1.29, 1.82) is 0 Å². The van der Waals surface area contributed by atoms with E-state index in [1.54, 1.807) is 0 Å². The number of fused-ring (bicyclic) bond motifs is 1. The van der Waals surface area contributed by atoms with E-state index in [0.717, 1.165) is 36.8 Å². The molecule has 1 amide bonds. The topological polar surface area (TPSA) is 42.4 Å². The summed E-state index contributed by atoms with van der Waals surface area (Å²) in [5.41, 5.74) is 1.44. The molecule has 0 saturated carbocycles. The van der Waals surface area contributed by atoms with Crippen LogP contribution in [-0.2, 0) is 0 Å². The number of nitrogens with zero attached hydrogens (tertiary/aromatic N) is 2. The Labute approximate surface area is 118 Å². The Morgan fingerprint density at radius 2 is 2.15 bits per heavy atom. The largest absolute Gasteiger partial charge is 0.477 e.